The van der Waals surface area contributed by atoms with Crippen LogP contribution < -0.4 is 5.32 Å². The van der Waals surface area contributed by atoms with E-state index >= 15 is 0 Å². The summed E-state index contributed by atoms with van der Waals surface area (Å²) in [4.78, 5) is 12.8. The fraction of sp³-hybridized carbons (Fsp3) is 0.600. The Bertz CT molecular complexity index is 490. The lowest BCUT2D eigenvalue weighted by Crippen LogP contribution is -2.39. The summed E-state index contributed by atoms with van der Waals surface area (Å²) in [6.07, 6.45) is 2.48. The molecule has 0 bridgehead atoms. The molecule has 0 saturated carbocycles. The van der Waals surface area contributed by atoms with E-state index in [0.717, 1.165) is 17.8 Å². The second-order valence-corrected chi connectivity index (χ2v) is 5.85. The molecule has 0 aromatic heterocycles. The third kappa shape index (κ3) is 3.48. The van der Waals surface area contributed by atoms with Crippen LogP contribution in [0.5, 0.6) is 0 Å². The standard InChI is InChI=1S/C15H23N3O2/c1-11-9-14(18(19)20)6-7-15(11)16-12(2)13-5-4-8-17(3)10-13/h6-7,9,12-13,16H,4-5,8,10H2,1-3H3. The molecule has 1 saturated heterocycles. The Morgan fingerprint density at radius 2 is 2.25 bits per heavy atom. The normalized spacial score (nSPS) is 21.4. The molecular formula is C15H23N3O2. The Balaban J connectivity index is 2.03. The molecule has 0 amide bonds. The number of nitro groups is 1. The summed E-state index contributed by atoms with van der Waals surface area (Å²) in [5, 5.41) is 14.3. The summed E-state index contributed by atoms with van der Waals surface area (Å²) >= 11 is 0. The Morgan fingerprint density at radius 1 is 1.50 bits per heavy atom. The number of hydrogen-bond acceptors (Lipinski definition) is 4. The molecule has 0 spiro atoms. The first-order valence-electron chi connectivity index (χ1n) is 7.17. The van der Waals surface area contributed by atoms with Gasteiger partial charge in [0.1, 0.15) is 0 Å². The zero-order valence-electron chi connectivity index (χ0n) is 12.4. The first-order chi connectivity index (χ1) is 9.47. The monoisotopic (exact) mass is 277 g/mol. The number of benzene rings is 1. The van der Waals surface area contributed by atoms with Gasteiger partial charge in [0.25, 0.3) is 5.69 Å². The van der Waals surface area contributed by atoms with Gasteiger partial charge in [0, 0.05) is 30.4 Å². The van der Waals surface area contributed by atoms with Gasteiger partial charge in [-0.25, -0.2) is 0 Å². The Labute approximate surface area is 120 Å². The largest absolute Gasteiger partial charge is 0.382 e. The lowest BCUT2D eigenvalue weighted by atomic mass is 9.91. The first kappa shape index (κ1) is 14.8. The molecule has 5 nitrogen and oxygen atoms in total. The molecule has 20 heavy (non-hydrogen) atoms. The molecule has 1 aromatic carbocycles. The summed E-state index contributed by atoms with van der Waals surface area (Å²) in [6.45, 7) is 6.40. The average molecular weight is 277 g/mol. The van der Waals surface area contributed by atoms with Crippen LogP contribution in [0.15, 0.2) is 18.2 Å². The third-order valence-electron chi connectivity index (χ3n) is 4.17. The molecule has 2 rings (SSSR count). The number of nitro benzene ring substituents is 1. The van der Waals surface area contributed by atoms with Crippen molar-refractivity contribution in [2.75, 3.05) is 25.5 Å². The average Bonchev–Trinajstić information content (AvgIpc) is 2.40. The number of likely N-dealkylation sites (tertiary alicyclic amines) is 1. The van der Waals surface area contributed by atoms with Gasteiger partial charge in [-0.3, -0.25) is 10.1 Å². The van der Waals surface area contributed by atoms with Gasteiger partial charge >= 0.3 is 0 Å². The van der Waals surface area contributed by atoms with Crippen molar-refractivity contribution >= 4 is 11.4 Å². The lowest BCUT2D eigenvalue weighted by Gasteiger charge is -2.34. The second kappa shape index (κ2) is 6.22. The van der Waals surface area contributed by atoms with E-state index < -0.39 is 0 Å². The number of aryl methyl sites for hydroxylation is 1. The maximum Gasteiger partial charge on any atom is 0.269 e. The van der Waals surface area contributed by atoms with E-state index in [2.05, 4.69) is 24.2 Å². The minimum absolute atomic E-state index is 0.151. The van der Waals surface area contributed by atoms with Crippen LogP contribution in [0.1, 0.15) is 25.3 Å². The summed E-state index contributed by atoms with van der Waals surface area (Å²) in [6, 6.07) is 5.38. The summed E-state index contributed by atoms with van der Waals surface area (Å²) in [7, 11) is 2.16. The molecule has 1 N–H and O–H groups in total. The minimum atomic E-state index is -0.351. The van der Waals surface area contributed by atoms with Crippen molar-refractivity contribution in [2.24, 2.45) is 5.92 Å². The van der Waals surface area contributed by atoms with Crippen molar-refractivity contribution in [1.82, 2.24) is 4.90 Å². The molecule has 1 fully saturated rings. The zero-order chi connectivity index (χ0) is 14.7. The van der Waals surface area contributed by atoms with Gasteiger partial charge in [0.05, 0.1) is 4.92 Å². The van der Waals surface area contributed by atoms with Crippen LogP contribution in [0.3, 0.4) is 0 Å². The van der Waals surface area contributed by atoms with Gasteiger partial charge in [-0.15, -0.1) is 0 Å². The van der Waals surface area contributed by atoms with E-state index in [-0.39, 0.29) is 10.6 Å². The van der Waals surface area contributed by atoms with Gasteiger partial charge in [0.2, 0.25) is 0 Å². The highest BCUT2D eigenvalue weighted by molar-refractivity contribution is 5.55. The van der Waals surface area contributed by atoms with Crippen molar-refractivity contribution in [3.63, 3.8) is 0 Å². The third-order valence-corrected chi connectivity index (χ3v) is 4.17. The molecule has 0 radical (unpaired) electrons. The lowest BCUT2D eigenvalue weighted by molar-refractivity contribution is -0.384. The van der Waals surface area contributed by atoms with E-state index in [1.165, 1.54) is 19.4 Å². The fourth-order valence-corrected chi connectivity index (χ4v) is 2.90. The maximum absolute atomic E-state index is 10.7. The van der Waals surface area contributed by atoms with Crippen molar-refractivity contribution in [3.05, 3.63) is 33.9 Å². The summed E-state index contributed by atoms with van der Waals surface area (Å²) in [5.74, 6) is 0.628. The van der Waals surface area contributed by atoms with Crippen LogP contribution in [0, 0.1) is 23.0 Å². The Hall–Kier alpha value is -1.62. The minimum Gasteiger partial charge on any atom is -0.382 e. The highest BCUT2D eigenvalue weighted by Crippen LogP contribution is 2.25. The van der Waals surface area contributed by atoms with Crippen LogP contribution in [0.2, 0.25) is 0 Å². The van der Waals surface area contributed by atoms with Crippen LogP contribution in [-0.2, 0) is 0 Å². The first-order valence-corrected chi connectivity index (χ1v) is 7.17. The molecule has 2 atom stereocenters. The van der Waals surface area contributed by atoms with Gasteiger partial charge < -0.3 is 10.2 Å². The highest BCUT2D eigenvalue weighted by atomic mass is 16.6. The van der Waals surface area contributed by atoms with Crippen LogP contribution in [0.4, 0.5) is 11.4 Å². The Kier molecular flexibility index (Phi) is 4.60. The molecule has 2 unspecified atom stereocenters. The zero-order valence-corrected chi connectivity index (χ0v) is 12.4. The molecule has 1 aromatic rings. The number of piperidine rings is 1. The number of hydrogen-bond donors (Lipinski definition) is 1. The van der Waals surface area contributed by atoms with Crippen molar-refractivity contribution in [3.8, 4) is 0 Å². The van der Waals surface area contributed by atoms with E-state index in [1.54, 1.807) is 12.1 Å². The number of rotatable bonds is 4. The van der Waals surface area contributed by atoms with Gasteiger partial charge in [-0.05, 0) is 57.8 Å². The second-order valence-electron chi connectivity index (χ2n) is 5.85. The van der Waals surface area contributed by atoms with Crippen LogP contribution in [0.25, 0.3) is 0 Å². The van der Waals surface area contributed by atoms with Crippen LogP contribution in [-0.4, -0.2) is 36.0 Å². The van der Waals surface area contributed by atoms with E-state index in [0.29, 0.717) is 12.0 Å². The molecule has 5 heteroatoms. The predicted octanol–water partition coefficient (Wildman–Crippen LogP) is 3.05. The quantitative estimate of drug-likeness (QED) is 0.679. The maximum atomic E-state index is 10.7. The molecule has 0 aliphatic carbocycles. The predicted molar refractivity (Wildman–Crippen MR) is 81.1 cm³/mol. The molecule has 1 aliphatic heterocycles. The van der Waals surface area contributed by atoms with E-state index in [1.807, 2.05) is 13.0 Å². The number of nitrogens with one attached hydrogen (secondary N) is 1. The number of anilines is 1. The topological polar surface area (TPSA) is 58.4 Å². The number of non-ortho nitro benzene ring substituents is 1. The molecular weight excluding hydrogens is 254 g/mol. The summed E-state index contributed by atoms with van der Waals surface area (Å²) < 4.78 is 0. The van der Waals surface area contributed by atoms with Crippen molar-refractivity contribution in [2.45, 2.75) is 32.7 Å². The highest BCUT2D eigenvalue weighted by Gasteiger charge is 2.23. The van der Waals surface area contributed by atoms with Crippen LogP contribution >= 0.6 is 0 Å². The van der Waals surface area contributed by atoms with E-state index in [4.69, 9.17) is 0 Å². The summed E-state index contributed by atoms with van der Waals surface area (Å²) in [5.41, 5.74) is 2.07. The van der Waals surface area contributed by atoms with E-state index in [9.17, 15) is 10.1 Å². The molecule has 1 heterocycles. The SMILES string of the molecule is Cc1cc([N+](=O)[O-])ccc1NC(C)C1CCCN(C)C1. The van der Waals surface area contributed by atoms with Gasteiger partial charge in [-0.1, -0.05) is 0 Å². The number of nitrogens with zero attached hydrogens (tertiary/aromatic N) is 2. The van der Waals surface area contributed by atoms with Crippen molar-refractivity contribution in [1.29, 1.82) is 0 Å². The van der Waals surface area contributed by atoms with Gasteiger partial charge in [0.15, 0.2) is 0 Å². The Morgan fingerprint density at radius 3 is 2.85 bits per heavy atom. The van der Waals surface area contributed by atoms with Crippen molar-refractivity contribution < 1.29 is 4.92 Å². The fourth-order valence-electron chi connectivity index (χ4n) is 2.90. The smallest absolute Gasteiger partial charge is 0.269 e. The molecule has 1 aliphatic rings. The van der Waals surface area contributed by atoms with Gasteiger partial charge in [-0.2, -0.15) is 0 Å². The molecule has 110 valence electrons.